The van der Waals surface area contributed by atoms with Crippen molar-refractivity contribution < 1.29 is 14.3 Å². The maximum atomic E-state index is 13.0. The minimum atomic E-state index is -0.403. The molecule has 1 aliphatic carbocycles. The minimum Gasteiger partial charge on any atom is -0.369 e. The minimum absolute atomic E-state index is 0.00697. The van der Waals surface area contributed by atoms with Crippen LogP contribution < -0.4 is 32.3 Å². The van der Waals surface area contributed by atoms with Gasteiger partial charge in [0, 0.05) is 24.7 Å². The summed E-state index contributed by atoms with van der Waals surface area (Å²) in [4.78, 5) is 26.3. The van der Waals surface area contributed by atoms with Crippen LogP contribution in [0.2, 0.25) is 0 Å². The Labute approximate surface area is 216 Å². The number of hydrogen-bond donors (Lipinski definition) is 6. The molecule has 8 atom stereocenters. The second kappa shape index (κ2) is 13.5. The average molecular weight is 508 g/mol. The van der Waals surface area contributed by atoms with Gasteiger partial charge in [-0.05, 0) is 89.4 Å². The number of rotatable bonds is 10. The molecular weight excluding hydrogens is 458 g/mol. The molecule has 0 aromatic rings. The van der Waals surface area contributed by atoms with Crippen molar-refractivity contribution in [2.75, 3.05) is 39.3 Å². The van der Waals surface area contributed by atoms with Gasteiger partial charge in [0.05, 0.1) is 12.6 Å². The number of piperidine rings is 1. The Morgan fingerprint density at radius 2 is 1.97 bits per heavy atom. The van der Waals surface area contributed by atoms with Crippen LogP contribution in [0, 0.1) is 11.8 Å². The summed E-state index contributed by atoms with van der Waals surface area (Å²) in [6.45, 7) is 9.21. The van der Waals surface area contributed by atoms with Gasteiger partial charge in [0.25, 0.3) is 0 Å². The third-order valence-electron chi connectivity index (χ3n) is 8.70. The Bertz CT molecular complexity index is 720. The number of likely N-dealkylation sites (N-methyl/N-ethyl adjacent to an activating group) is 1. The zero-order valence-electron chi connectivity index (χ0n) is 22.3. The maximum Gasteiger partial charge on any atom is 0.249 e. The first-order valence-electron chi connectivity index (χ1n) is 14.3. The summed E-state index contributed by atoms with van der Waals surface area (Å²) in [6.07, 6.45) is 8.01. The van der Waals surface area contributed by atoms with Crippen molar-refractivity contribution in [1.82, 2.24) is 31.5 Å². The molecule has 4 aliphatic rings. The van der Waals surface area contributed by atoms with E-state index in [1.54, 1.807) is 0 Å². The van der Waals surface area contributed by atoms with Gasteiger partial charge >= 0.3 is 0 Å². The lowest BCUT2D eigenvalue weighted by Crippen LogP contribution is -2.66. The molecule has 36 heavy (non-hydrogen) atoms. The molecule has 2 amide bonds. The number of nitrogens with two attached hydrogens (primary N) is 1. The zero-order chi connectivity index (χ0) is 25.5. The fraction of sp³-hybridized carbons (Fsp3) is 0.923. The molecule has 3 heterocycles. The van der Waals surface area contributed by atoms with Crippen molar-refractivity contribution in [2.45, 2.75) is 102 Å². The predicted octanol–water partition coefficient (Wildman–Crippen LogP) is -0.161. The van der Waals surface area contributed by atoms with Crippen LogP contribution in [0.4, 0.5) is 0 Å². The molecule has 10 heteroatoms. The van der Waals surface area contributed by atoms with E-state index in [1.165, 1.54) is 19.3 Å². The summed E-state index contributed by atoms with van der Waals surface area (Å²) < 4.78 is 6.07. The molecule has 0 bridgehead atoms. The Morgan fingerprint density at radius 1 is 1.11 bits per heavy atom. The Morgan fingerprint density at radius 3 is 2.72 bits per heavy atom. The fourth-order valence-corrected chi connectivity index (χ4v) is 6.48. The van der Waals surface area contributed by atoms with E-state index in [4.69, 9.17) is 10.5 Å². The van der Waals surface area contributed by atoms with E-state index in [2.05, 4.69) is 33.5 Å². The second-order valence-electron chi connectivity index (χ2n) is 11.4. The molecule has 7 N–H and O–H groups in total. The molecule has 8 unspecified atom stereocenters. The molecule has 3 saturated heterocycles. The number of carbonyl (C=O) groups excluding carboxylic acids is 2. The highest BCUT2D eigenvalue weighted by Gasteiger charge is 2.36. The first-order valence-corrected chi connectivity index (χ1v) is 14.3. The van der Waals surface area contributed by atoms with Crippen molar-refractivity contribution >= 4 is 11.8 Å². The molecule has 0 aromatic heterocycles. The summed E-state index contributed by atoms with van der Waals surface area (Å²) in [6, 6.07) is 1.06. The number of nitrogens with one attached hydrogen (secondary N) is 5. The van der Waals surface area contributed by atoms with Crippen LogP contribution in [0.25, 0.3) is 0 Å². The summed E-state index contributed by atoms with van der Waals surface area (Å²) in [5.41, 5.74) is 5.34. The molecule has 4 fully saturated rings. The molecule has 10 nitrogen and oxygen atoms in total. The van der Waals surface area contributed by atoms with Gasteiger partial charge in [-0.1, -0.05) is 13.8 Å². The van der Waals surface area contributed by atoms with Crippen molar-refractivity contribution in [1.29, 1.82) is 0 Å². The van der Waals surface area contributed by atoms with Crippen LogP contribution in [0.5, 0.6) is 0 Å². The SMILES string of the molecule is CCN(CC(N)=O)CC1CCC(C(=O)NC2CCC(C)C(NC3NCCC(C4CCCNC4)N3)C2)O1. The lowest BCUT2D eigenvalue weighted by molar-refractivity contribution is -0.134. The van der Waals surface area contributed by atoms with Gasteiger partial charge in [0.2, 0.25) is 11.8 Å². The predicted molar refractivity (Wildman–Crippen MR) is 140 cm³/mol. The number of nitrogens with zero attached hydrogens (tertiary/aromatic N) is 1. The molecule has 1 saturated carbocycles. The molecule has 0 spiro atoms. The van der Waals surface area contributed by atoms with Gasteiger partial charge in [0.1, 0.15) is 12.4 Å². The van der Waals surface area contributed by atoms with Crippen LogP contribution in [0.15, 0.2) is 0 Å². The lowest BCUT2D eigenvalue weighted by Gasteiger charge is -2.42. The first-order chi connectivity index (χ1) is 17.4. The average Bonchev–Trinajstić information content (AvgIpc) is 3.35. The molecule has 0 aromatic carbocycles. The third-order valence-corrected chi connectivity index (χ3v) is 8.70. The second-order valence-corrected chi connectivity index (χ2v) is 11.4. The Hall–Kier alpha value is -1.30. The van der Waals surface area contributed by atoms with E-state index >= 15 is 0 Å². The van der Waals surface area contributed by atoms with Gasteiger partial charge in [-0.25, -0.2) is 0 Å². The smallest absolute Gasteiger partial charge is 0.249 e. The quantitative estimate of drug-likeness (QED) is 0.240. The Balaban J connectivity index is 1.22. The maximum absolute atomic E-state index is 13.0. The van der Waals surface area contributed by atoms with Crippen molar-refractivity contribution in [2.24, 2.45) is 17.6 Å². The van der Waals surface area contributed by atoms with E-state index in [0.29, 0.717) is 30.5 Å². The van der Waals surface area contributed by atoms with Crippen LogP contribution in [0.1, 0.15) is 65.2 Å². The largest absolute Gasteiger partial charge is 0.369 e. The summed E-state index contributed by atoms with van der Waals surface area (Å²) in [5, 5.41) is 18.1. The standard InChI is InChI=1S/C26H49N7O3/c1-3-33(16-24(27)34)15-20-8-9-23(36-20)25(35)30-19-7-6-17(2)22(13-19)32-26-29-12-10-21(31-26)18-5-4-11-28-14-18/h17-23,26,28-29,31-32H,3-16H2,1-2H3,(H2,27,34)(H,30,35). The number of primary amides is 1. The van der Waals surface area contributed by atoms with Crippen LogP contribution in [0.3, 0.4) is 0 Å². The molecule has 3 aliphatic heterocycles. The molecule has 206 valence electrons. The van der Waals surface area contributed by atoms with Gasteiger partial charge in [0.15, 0.2) is 0 Å². The lowest BCUT2D eigenvalue weighted by atomic mass is 9.82. The van der Waals surface area contributed by atoms with Gasteiger partial charge < -0.3 is 21.1 Å². The van der Waals surface area contributed by atoms with Gasteiger partial charge in [-0.15, -0.1) is 0 Å². The zero-order valence-corrected chi connectivity index (χ0v) is 22.3. The molecular formula is C26H49N7O3. The highest BCUT2D eigenvalue weighted by atomic mass is 16.5. The van der Waals surface area contributed by atoms with E-state index in [0.717, 1.165) is 58.3 Å². The summed E-state index contributed by atoms with van der Waals surface area (Å²) >= 11 is 0. The van der Waals surface area contributed by atoms with Crippen LogP contribution in [-0.4, -0.2) is 92.6 Å². The summed E-state index contributed by atoms with van der Waals surface area (Å²) in [7, 11) is 0. The van der Waals surface area contributed by atoms with Gasteiger partial charge in [-0.3, -0.25) is 30.4 Å². The summed E-state index contributed by atoms with van der Waals surface area (Å²) in [5.74, 6) is 0.943. The topological polar surface area (TPSA) is 133 Å². The number of carbonyl (C=O) groups is 2. The van der Waals surface area contributed by atoms with Crippen molar-refractivity contribution in [3.05, 3.63) is 0 Å². The number of ether oxygens (including phenoxy) is 1. The monoisotopic (exact) mass is 507 g/mol. The van der Waals surface area contributed by atoms with Gasteiger partial charge in [-0.2, -0.15) is 0 Å². The van der Waals surface area contributed by atoms with Crippen LogP contribution in [-0.2, 0) is 14.3 Å². The van der Waals surface area contributed by atoms with E-state index in [9.17, 15) is 9.59 Å². The first kappa shape index (κ1) is 27.7. The number of amides is 2. The highest BCUT2D eigenvalue weighted by Crippen LogP contribution is 2.27. The van der Waals surface area contributed by atoms with Crippen molar-refractivity contribution in [3.8, 4) is 0 Å². The number of hydrogen-bond acceptors (Lipinski definition) is 8. The van der Waals surface area contributed by atoms with E-state index < -0.39 is 6.10 Å². The van der Waals surface area contributed by atoms with Crippen molar-refractivity contribution in [3.63, 3.8) is 0 Å². The third kappa shape index (κ3) is 7.85. The van der Waals surface area contributed by atoms with E-state index in [-0.39, 0.29) is 36.8 Å². The molecule has 4 rings (SSSR count). The highest BCUT2D eigenvalue weighted by molar-refractivity contribution is 5.81. The van der Waals surface area contributed by atoms with E-state index in [1.807, 2.05) is 11.8 Å². The molecule has 0 radical (unpaired) electrons. The van der Waals surface area contributed by atoms with Crippen LogP contribution >= 0.6 is 0 Å². The fourth-order valence-electron chi connectivity index (χ4n) is 6.48. The Kier molecular flexibility index (Phi) is 10.4. The normalized spacial score (nSPS) is 37.6.